The molecule has 0 atom stereocenters. The van der Waals surface area contributed by atoms with E-state index in [9.17, 15) is 9.59 Å². The first kappa shape index (κ1) is 18.3. The number of nitrogens with zero attached hydrogens (tertiary/aromatic N) is 2. The van der Waals surface area contributed by atoms with Crippen molar-refractivity contribution < 1.29 is 18.7 Å². The van der Waals surface area contributed by atoms with Crippen LogP contribution in [0.3, 0.4) is 0 Å². The van der Waals surface area contributed by atoms with Gasteiger partial charge in [0.1, 0.15) is 21.4 Å². The van der Waals surface area contributed by atoms with Crippen molar-refractivity contribution >= 4 is 34.6 Å². The number of hydrogen-bond donors (Lipinski definition) is 0. The number of carbonyl (C=O) groups excluding carboxylic acids is 2. The number of carbonyl (C=O) groups is 2. The Morgan fingerprint density at radius 1 is 1.27 bits per heavy atom. The lowest BCUT2D eigenvalue weighted by Gasteiger charge is -2.15. The van der Waals surface area contributed by atoms with Crippen molar-refractivity contribution in [1.29, 1.82) is 0 Å². The molecule has 0 fully saturated rings. The molecular weight excluding hydrogens is 372 g/mol. The minimum atomic E-state index is -0.529. The maximum absolute atomic E-state index is 12.3. The summed E-state index contributed by atoms with van der Waals surface area (Å²) in [5, 5.41) is 2.74. The van der Waals surface area contributed by atoms with Gasteiger partial charge in [0.05, 0.1) is 17.1 Å². The normalized spacial score (nSPS) is 10.7. The van der Waals surface area contributed by atoms with Gasteiger partial charge in [0.25, 0.3) is 5.91 Å². The molecule has 0 saturated heterocycles. The first-order valence-corrected chi connectivity index (χ1v) is 9.61. The highest BCUT2D eigenvalue weighted by Gasteiger charge is 2.20. The van der Waals surface area contributed by atoms with Crippen LogP contribution in [0.25, 0.3) is 9.88 Å². The summed E-state index contributed by atoms with van der Waals surface area (Å²) in [7, 11) is 1.64. The van der Waals surface area contributed by atoms with E-state index in [0.717, 1.165) is 15.6 Å². The zero-order chi connectivity index (χ0) is 18.7. The SMILES string of the molecule is Cc1ccc(CN(C)C(=O)COC(=O)c2sc(-c3cccs3)nc2C)o1. The Bertz CT molecular complexity index is 912. The van der Waals surface area contributed by atoms with Crippen LogP contribution in [0.2, 0.25) is 0 Å². The molecule has 136 valence electrons. The van der Waals surface area contributed by atoms with E-state index in [0.29, 0.717) is 22.9 Å². The fourth-order valence-corrected chi connectivity index (χ4v) is 4.04. The van der Waals surface area contributed by atoms with Crippen molar-refractivity contribution in [3.05, 3.63) is 51.7 Å². The summed E-state index contributed by atoms with van der Waals surface area (Å²) in [5.41, 5.74) is 0.607. The summed E-state index contributed by atoms with van der Waals surface area (Å²) >= 11 is 2.84. The molecule has 0 radical (unpaired) electrons. The van der Waals surface area contributed by atoms with Gasteiger partial charge in [-0.25, -0.2) is 9.78 Å². The van der Waals surface area contributed by atoms with Gasteiger partial charge in [0, 0.05) is 7.05 Å². The van der Waals surface area contributed by atoms with Crippen molar-refractivity contribution in [3.63, 3.8) is 0 Å². The van der Waals surface area contributed by atoms with Crippen molar-refractivity contribution in [3.8, 4) is 9.88 Å². The third-order valence-corrected chi connectivity index (χ3v) is 5.83. The van der Waals surface area contributed by atoms with Crippen LogP contribution >= 0.6 is 22.7 Å². The number of hydrogen-bond acceptors (Lipinski definition) is 7. The largest absolute Gasteiger partial charge is 0.464 e. The number of likely N-dealkylation sites (N-methyl/N-ethyl adjacent to an activating group) is 1. The average molecular weight is 390 g/mol. The number of ether oxygens (including phenoxy) is 1. The predicted molar refractivity (Wildman–Crippen MR) is 100 cm³/mol. The van der Waals surface area contributed by atoms with E-state index in [1.54, 1.807) is 25.3 Å². The number of rotatable bonds is 6. The lowest BCUT2D eigenvalue weighted by molar-refractivity contribution is -0.133. The lowest BCUT2D eigenvalue weighted by atomic mass is 10.4. The molecule has 0 aliphatic heterocycles. The summed E-state index contributed by atoms with van der Waals surface area (Å²) in [6.45, 7) is 3.61. The molecular formula is C18H18N2O4S2. The molecule has 6 nitrogen and oxygen atoms in total. The third kappa shape index (κ3) is 4.20. The van der Waals surface area contributed by atoms with Gasteiger partial charge in [-0.2, -0.15) is 0 Å². The van der Waals surface area contributed by atoms with Crippen LogP contribution in [0.5, 0.6) is 0 Å². The van der Waals surface area contributed by atoms with E-state index in [2.05, 4.69) is 4.98 Å². The molecule has 0 bridgehead atoms. The number of furan rings is 1. The zero-order valence-electron chi connectivity index (χ0n) is 14.6. The van der Waals surface area contributed by atoms with Crippen LogP contribution in [0.1, 0.15) is 26.9 Å². The van der Waals surface area contributed by atoms with Crippen LogP contribution in [0.4, 0.5) is 0 Å². The van der Waals surface area contributed by atoms with Crippen LogP contribution in [-0.2, 0) is 16.1 Å². The first-order chi connectivity index (χ1) is 12.4. The van der Waals surface area contributed by atoms with Gasteiger partial charge in [0.2, 0.25) is 0 Å². The van der Waals surface area contributed by atoms with E-state index in [1.807, 2.05) is 36.6 Å². The summed E-state index contributed by atoms with van der Waals surface area (Å²) in [6, 6.07) is 7.54. The second kappa shape index (κ2) is 7.84. The Balaban J connectivity index is 1.57. The third-order valence-electron chi connectivity index (χ3n) is 3.66. The Hall–Kier alpha value is -2.45. The number of aryl methyl sites for hydroxylation is 2. The Morgan fingerprint density at radius 3 is 2.73 bits per heavy atom. The van der Waals surface area contributed by atoms with E-state index in [1.165, 1.54) is 16.2 Å². The van der Waals surface area contributed by atoms with Gasteiger partial charge >= 0.3 is 5.97 Å². The topological polar surface area (TPSA) is 72.6 Å². The first-order valence-electron chi connectivity index (χ1n) is 7.91. The monoisotopic (exact) mass is 390 g/mol. The maximum Gasteiger partial charge on any atom is 0.350 e. The van der Waals surface area contributed by atoms with Gasteiger partial charge in [0.15, 0.2) is 6.61 Å². The van der Waals surface area contributed by atoms with Crippen LogP contribution in [0.15, 0.2) is 34.1 Å². The second-order valence-corrected chi connectivity index (χ2v) is 7.70. The molecule has 3 heterocycles. The molecule has 0 saturated carbocycles. The lowest BCUT2D eigenvalue weighted by Crippen LogP contribution is -2.30. The molecule has 0 aromatic carbocycles. The molecule has 0 unspecified atom stereocenters. The van der Waals surface area contributed by atoms with Crippen LogP contribution < -0.4 is 0 Å². The Kier molecular flexibility index (Phi) is 5.53. The van der Waals surface area contributed by atoms with Gasteiger partial charge < -0.3 is 14.1 Å². The number of amides is 1. The summed E-state index contributed by atoms with van der Waals surface area (Å²) < 4.78 is 10.6. The van der Waals surface area contributed by atoms with Crippen molar-refractivity contribution in [2.24, 2.45) is 0 Å². The number of thiazole rings is 1. The number of aromatic nitrogens is 1. The minimum Gasteiger partial charge on any atom is -0.464 e. The second-order valence-electron chi connectivity index (χ2n) is 5.75. The molecule has 0 aliphatic rings. The smallest absolute Gasteiger partial charge is 0.350 e. The maximum atomic E-state index is 12.3. The fraction of sp³-hybridized carbons (Fsp3) is 0.278. The quantitative estimate of drug-likeness (QED) is 0.597. The molecule has 26 heavy (non-hydrogen) atoms. The molecule has 3 aromatic rings. The van der Waals surface area contributed by atoms with Gasteiger partial charge in [-0.1, -0.05) is 6.07 Å². The Morgan fingerprint density at radius 2 is 2.08 bits per heavy atom. The molecule has 1 amide bonds. The molecule has 3 rings (SSSR count). The highest BCUT2D eigenvalue weighted by Crippen LogP contribution is 2.31. The average Bonchev–Trinajstić information content (AvgIpc) is 3.33. The van der Waals surface area contributed by atoms with Crippen molar-refractivity contribution in [1.82, 2.24) is 9.88 Å². The summed E-state index contributed by atoms with van der Waals surface area (Å²) in [6.07, 6.45) is 0. The predicted octanol–water partition coefficient (Wildman–Crippen LogP) is 3.90. The summed E-state index contributed by atoms with van der Waals surface area (Å²) in [4.78, 5) is 31.8. The van der Waals surface area contributed by atoms with Gasteiger partial charge in [-0.15, -0.1) is 22.7 Å². The van der Waals surface area contributed by atoms with Crippen molar-refractivity contribution in [2.45, 2.75) is 20.4 Å². The summed E-state index contributed by atoms with van der Waals surface area (Å²) in [5.74, 6) is 0.643. The van der Waals surface area contributed by atoms with Crippen molar-refractivity contribution in [2.75, 3.05) is 13.7 Å². The van der Waals surface area contributed by atoms with Gasteiger partial charge in [-0.3, -0.25) is 4.79 Å². The van der Waals surface area contributed by atoms with E-state index >= 15 is 0 Å². The highest BCUT2D eigenvalue weighted by molar-refractivity contribution is 7.22. The molecule has 0 spiro atoms. The standard InChI is InChI=1S/C18H18N2O4S2/c1-11-6-7-13(24-11)9-20(3)15(21)10-23-18(22)16-12(2)19-17(26-16)14-5-4-8-25-14/h4-8H,9-10H2,1-3H3. The van der Waals surface area contributed by atoms with Crippen LogP contribution in [-0.4, -0.2) is 35.4 Å². The molecule has 3 aromatic heterocycles. The highest BCUT2D eigenvalue weighted by atomic mass is 32.1. The van der Waals surface area contributed by atoms with E-state index < -0.39 is 5.97 Å². The van der Waals surface area contributed by atoms with E-state index in [-0.39, 0.29) is 12.5 Å². The molecule has 0 N–H and O–H groups in total. The fourth-order valence-electron chi connectivity index (χ4n) is 2.29. The van der Waals surface area contributed by atoms with Gasteiger partial charge in [-0.05, 0) is 37.4 Å². The zero-order valence-corrected chi connectivity index (χ0v) is 16.3. The van der Waals surface area contributed by atoms with Crippen LogP contribution in [0, 0.1) is 13.8 Å². The molecule has 8 heteroatoms. The Labute approximate surface area is 159 Å². The minimum absolute atomic E-state index is 0.298. The molecule has 0 aliphatic carbocycles. The van der Waals surface area contributed by atoms with E-state index in [4.69, 9.17) is 9.15 Å². The number of thiophene rings is 1. The number of esters is 1.